The fourth-order valence-electron chi connectivity index (χ4n) is 1.74. The molecule has 0 saturated heterocycles. The van der Waals surface area contributed by atoms with Crippen molar-refractivity contribution in [2.45, 2.75) is 39.2 Å². The van der Waals surface area contributed by atoms with Crippen molar-refractivity contribution in [3.05, 3.63) is 28.2 Å². The number of amides is 2. The fourth-order valence-corrected chi connectivity index (χ4v) is 2.10. The van der Waals surface area contributed by atoms with Gasteiger partial charge in [-0.1, -0.05) is 22.0 Å². The van der Waals surface area contributed by atoms with E-state index in [1.165, 1.54) is 0 Å². The summed E-state index contributed by atoms with van der Waals surface area (Å²) in [5.74, 6) is -0.814. The first-order valence-electron chi connectivity index (χ1n) is 6.44. The molecule has 1 aromatic carbocycles. The molecule has 0 spiro atoms. The number of aliphatic carboxylic acids is 1. The molecule has 3 N–H and O–H groups in total. The molecule has 0 aliphatic heterocycles. The summed E-state index contributed by atoms with van der Waals surface area (Å²) in [6, 6.07) is 5.31. The molecule has 1 atom stereocenters. The second kappa shape index (κ2) is 7.89. The van der Waals surface area contributed by atoms with Crippen LogP contribution >= 0.6 is 15.9 Å². The third kappa shape index (κ3) is 6.06. The number of halogens is 1. The van der Waals surface area contributed by atoms with Crippen LogP contribution in [0.2, 0.25) is 0 Å². The van der Waals surface area contributed by atoms with Crippen LogP contribution in [0.1, 0.15) is 31.7 Å². The molecule has 2 amide bonds. The minimum atomic E-state index is -0.814. The van der Waals surface area contributed by atoms with Crippen LogP contribution in [0.5, 0.6) is 0 Å². The molecule has 0 aliphatic carbocycles. The Morgan fingerprint density at radius 2 is 2.10 bits per heavy atom. The van der Waals surface area contributed by atoms with Gasteiger partial charge in [0, 0.05) is 22.6 Å². The highest BCUT2D eigenvalue weighted by Crippen LogP contribution is 2.20. The SMILES string of the molecule is Cc1ccc(Br)cc1NC(=O)NC(C)CCCC(=O)O. The summed E-state index contributed by atoms with van der Waals surface area (Å²) in [5, 5.41) is 14.1. The highest BCUT2D eigenvalue weighted by molar-refractivity contribution is 9.10. The molecule has 1 rings (SSSR count). The molecule has 0 bridgehead atoms. The van der Waals surface area contributed by atoms with Gasteiger partial charge in [0.05, 0.1) is 0 Å². The molecule has 0 saturated carbocycles. The third-order valence-corrected chi connectivity index (χ3v) is 3.35. The van der Waals surface area contributed by atoms with Crippen LogP contribution in [-0.4, -0.2) is 23.1 Å². The summed E-state index contributed by atoms with van der Waals surface area (Å²) >= 11 is 3.36. The maximum absolute atomic E-state index is 11.8. The number of carboxylic acids is 1. The Balaban J connectivity index is 2.43. The lowest BCUT2D eigenvalue weighted by Gasteiger charge is -2.15. The molecule has 0 fully saturated rings. The van der Waals surface area contributed by atoms with Crippen molar-refractivity contribution >= 4 is 33.6 Å². The second-order valence-corrected chi connectivity index (χ2v) is 5.66. The van der Waals surface area contributed by atoms with Crippen molar-refractivity contribution in [2.75, 3.05) is 5.32 Å². The molecule has 6 heteroatoms. The molecule has 5 nitrogen and oxygen atoms in total. The number of carboxylic acid groups (broad SMARTS) is 1. The van der Waals surface area contributed by atoms with Gasteiger partial charge in [-0.15, -0.1) is 0 Å². The topological polar surface area (TPSA) is 78.4 Å². The van der Waals surface area contributed by atoms with E-state index in [0.29, 0.717) is 12.8 Å². The fraction of sp³-hybridized carbons (Fsp3) is 0.429. The van der Waals surface area contributed by atoms with E-state index in [4.69, 9.17) is 5.11 Å². The lowest BCUT2D eigenvalue weighted by atomic mass is 10.1. The van der Waals surface area contributed by atoms with Crippen molar-refractivity contribution < 1.29 is 14.7 Å². The van der Waals surface area contributed by atoms with Gasteiger partial charge in [-0.05, 0) is 44.4 Å². The molecule has 0 aromatic heterocycles. The minimum Gasteiger partial charge on any atom is -0.481 e. The van der Waals surface area contributed by atoms with E-state index in [1.807, 2.05) is 32.0 Å². The first-order chi connectivity index (χ1) is 9.38. The van der Waals surface area contributed by atoms with E-state index in [0.717, 1.165) is 15.7 Å². The van der Waals surface area contributed by atoms with Gasteiger partial charge >= 0.3 is 12.0 Å². The van der Waals surface area contributed by atoms with E-state index >= 15 is 0 Å². The lowest BCUT2D eigenvalue weighted by Crippen LogP contribution is -2.36. The molecule has 0 aliphatic rings. The van der Waals surface area contributed by atoms with E-state index in [-0.39, 0.29) is 18.5 Å². The summed E-state index contributed by atoms with van der Waals surface area (Å²) in [5.41, 5.74) is 1.72. The molecular formula is C14H19BrN2O3. The van der Waals surface area contributed by atoms with Crippen molar-refractivity contribution in [3.8, 4) is 0 Å². The van der Waals surface area contributed by atoms with Crippen molar-refractivity contribution in [1.82, 2.24) is 5.32 Å². The molecule has 20 heavy (non-hydrogen) atoms. The Morgan fingerprint density at radius 3 is 2.75 bits per heavy atom. The van der Waals surface area contributed by atoms with Gasteiger partial charge in [-0.25, -0.2) is 4.79 Å². The highest BCUT2D eigenvalue weighted by Gasteiger charge is 2.09. The van der Waals surface area contributed by atoms with Crippen LogP contribution < -0.4 is 10.6 Å². The number of hydrogen-bond acceptors (Lipinski definition) is 2. The van der Waals surface area contributed by atoms with Crippen molar-refractivity contribution in [2.24, 2.45) is 0 Å². The smallest absolute Gasteiger partial charge is 0.319 e. The van der Waals surface area contributed by atoms with Gasteiger partial charge < -0.3 is 15.7 Å². The van der Waals surface area contributed by atoms with Gasteiger partial charge in [0.1, 0.15) is 0 Å². The summed E-state index contributed by atoms with van der Waals surface area (Å²) in [7, 11) is 0. The van der Waals surface area contributed by atoms with E-state index < -0.39 is 5.97 Å². The minimum absolute atomic E-state index is 0.0678. The van der Waals surface area contributed by atoms with Gasteiger partial charge in [-0.3, -0.25) is 4.79 Å². The van der Waals surface area contributed by atoms with Crippen LogP contribution in [0.4, 0.5) is 10.5 Å². The number of urea groups is 1. The Labute approximate surface area is 126 Å². The van der Waals surface area contributed by atoms with Crippen LogP contribution in [0.3, 0.4) is 0 Å². The predicted octanol–water partition coefficient (Wildman–Crippen LogP) is 3.52. The quantitative estimate of drug-likeness (QED) is 0.739. The molecule has 0 radical (unpaired) electrons. The highest BCUT2D eigenvalue weighted by atomic mass is 79.9. The summed E-state index contributed by atoms with van der Waals surface area (Å²) in [6.07, 6.45) is 1.31. The van der Waals surface area contributed by atoms with Crippen LogP contribution in [0.15, 0.2) is 22.7 Å². The number of aryl methyl sites for hydroxylation is 1. The molecule has 1 aromatic rings. The van der Waals surface area contributed by atoms with E-state index in [2.05, 4.69) is 26.6 Å². The zero-order valence-corrected chi connectivity index (χ0v) is 13.2. The zero-order chi connectivity index (χ0) is 15.1. The number of anilines is 1. The van der Waals surface area contributed by atoms with Gasteiger partial charge in [0.25, 0.3) is 0 Å². The maximum atomic E-state index is 11.8. The number of nitrogens with one attached hydrogen (secondary N) is 2. The second-order valence-electron chi connectivity index (χ2n) is 4.74. The number of hydrogen-bond donors (Lipinski definition) is 3. The monoisotopic (exact) mass is 342 g/mol. The Hall–Kier alpha value is -1.56. The van der Waals surface area contributed by atoms with Crippen molar-refractivity contribution in [1.29, 1.82) is 0 Å². The molecule has 0 heterocycles. The van der Waals surface area contributed by atoms with Gasteiger partial charge in [0.2, 0.25) is 0 Å². The van der Waals surface area contributed by atoms with Crippen molar-refractivity contribution in [3.63, 3.8) is 0 Å². The predicted molar refractivity (Wildman–Crippen MR) is 82.0 cm³/mol. The third-order valence-electron chi connectivity index (χ3n) is 2.85. The summed E-state index contributed by atoms with van der Waals surface area (Å²) in [6.45, 7) is 3.77. The normalized spacial score (nSPS) is 11.8. The summed E-state index contributed by atoms with van der Waals surface area (Å²) in [4.78, 5) is 22.2. The van der Waals surface area contributed by atoms with Gasteiger partial charge in [-0.2, -0.15) is 0 Å². The van der Waals surface area contributed by atoms with E-state index in [1.54, 1.807) is 0 Å². The van der Waals surface area contributed by atoms with Crippen LogP contribution in [-0.2, 0) is 4.79 Å². The lowest BCUT2D eigenvalue weighted by molar-refractivity contribution is -0.137. The molecule has 1 unspecified atom stereocenters. The maximum Gasteiger partial charge on any atom is 0.319 e. The average Bonchev–Trinajstić information content (AvgIpc) is 2.33. The Bertz CT molecular complexity index is 491. The zero-order valence-electron chi connectivity index (χ0n) is 11.6. The van der Waals surface area contributed by atoms with E-state index in [9.17, 15) is 9.59 Å². The number of rotatable bonds is 6. The molecular weight excluding hydrogens is 324 g/mol. The largest absolute Gasteiger partial charge is 0.481 e. The Kier molecular flexibility index (Phi) is 6.51. The van der Waals surface area contributed by atoms with Crippen LogP contribution in [0.25, 0.3) is 0 Å². The standard InChI is InChI=1S/C14H19BrN2O3/c1-9-6-7-11(15)8-12(9)17-14(20)16-10(2)4-3-5-13(18)19/h6-8,10H,3-5H2,1-2H3,(H,18,19)(H2,16,17,20). The number of carbonyl (C=O) groups is 2. The number of benzene rings is 1. The first-order valence-corrected chi connectivity index (χ1v) is 7.23. The molecule has 110 valence electrons. The first kappa shape index (κ1) is 16.5. The average molecular weight is 343 g/mol. The van der Waals surface area contributed by atoms with Crippen LogP contribution in [0, 0.1) is 6.92 Å². The Morgan fingerprint density at radius 1 is 1.40 bits per heavy atom. The summed E-state index contributed by atoms with van der Waals surface area (Å²) < 4.78 is 0.896. The van der Waals surface area contributed by atoms with Gasteiger partial charge in [0.15, 0.2) is 0 Å². The number of carbonyl (C=O) groups excluding carboxylic acids is 1.